The molecule has 3 atom stereocenters. The Hall–Kier alpha value is -4.14. The van der Waals surface area contributed by atoms with Crippen LogP contribution >= 0.6 is 11.8 Å². The summed E-state index contributed by atoms with van der Waals surface area (Å²) in [4.78, 5) is 86.7. The van der Waals surface area contributed by atoms with E-state index in [0.717, 1.165) is 0 Å². The number of nitrogens with two attached hydrogens (primary N) is 1. The highest BCUT2D eigenvalue weighted by atomic mass is 32.2. The van der Waals surface area contributed by atoms with Crippen LogP contribution in [0.2, 0.25) is 0 Å². The quantitative estimate of drug-likeness (QED) is 0.0784. The third-order valence-corrected chi connectivity index (χ3v) is 8.00. The maximum atomic E-state index is 13.3. The minimum absolute atomic E-state index is 0.143. The summed E-state index contributed by atoms with van der Waals surface area (Å²) in [5, 5.41) is 10.3. The number of carbonyl (C=O) groups is 7. The molecule has 0 radical (unpaired) electrons. The van der Waals surface area contributed by atoms with Gasteiger partial charge in [0.05, 0.1) is 5.25 Å². The largest absolute Gasteiger partial charge is 0.486 e. The standard InChI is InChI=1S/C30H44N6O8S/c1-19(2)26(35-24(38)9-5-4-6-15-36-25(39)18-23(45-3)29(36)42)28(41)34-22(8-7-14-32-30(31)43)27(40)33-20-10-12-21(13-11-20)44-17-16-37/h10-13,16,19,22-23,26H,4-9,14-15,17-18H2,1-3H3,(H,33,40)(H,34,41)(H,35,38)(H3,31,32,43)/t22-,23?,26-/m0/s1/i16D. The summed E-state index contributed by atoms with van der Waals surface area (Å²) in [6, 6.07) is 3.44. The van der Waals surface area contributed by atoms with Crippen molar-refractivity contribution in [1.82, 2.24) is 20.9 Å². The lowest BCUT2D eigenvalue weighted by molar-refractivity contribution is -0.138. The number of aldehydes is 1. The number of primary amides is 1. The number of urea groups is 1. The molecule has 0 aromatic heterocycles. The molecule has 1 aliphatic rings. The number of amides is 7. The maximum Gasteiger partial charge on any atom is 0.312 e. The first-order valence-corrected chi connectivity index (χ1v) is 16.1. The topological polar surface area (TPSA) is 206 Å². The molecule has 0 bridgehead atoms. The zero-order chi connectivity index (χ0) is 34.2. The Kier molecular flexibility index (Phi) is 15.1. The lowest BCUT2D eigenvalue weighted by Gasteiger charge is -2.25. The van der Waals surface area contributed by atoms with E-state index in [1.165, 1.54) is 40.9 Å². The highest BCUT2D eigenvalue weighted by Crippen LogP contribution is 2.23. The molecule has 15 heteroatoms. The molecule has 1 aliphatic heterocycles. The van der Waals surface area contributed by atoms with Crippen LogP contribution in [-0.2, 0) is 28.8 Å². The highest BCUT2D eigenvalue weighted by molar-refractivity contribution is 8.00. The number of benzene rings is 1. The van der Waals surface area contributed by atoms with Crippen molar-refractivity contribution < 1.29 is 39.7 Å². The normalized spacial score (nSPS) is 16.0. The van der Waals surface area contributed by atoms with E-state index in [-0.39, 0.29) is 54.7 Å². The van der Waals surface area contributed by atoms with Gasteiger partial charge in [0.1, 0.15) is 25.8 Å². The first kappa shape index (κ1) is 35.3. The summed E-state index contributed by atoms with van der Waals surface area (Å²) < 4.78 is 12.1. The van der Waals surface area contributed by atoms with E-state index in [1.54, 1.807) is 20.1 Å². The summed E-state index contributed by atoms with van der Waals surface area (Å²) in [5.41, 5.74) is 5.50. The van der Waals surface area contributed by atoms with Crippen molar-refractivity contribution in [3.05, 3.63) is 24.3 Å². The average Bonchev–Trinajstić information content (AvgIpc) is 3.28. The Morgan fingerprint density at radius 3 is 2.40 bits per heavy atom. The minimum atomic E-state index is -1.01. The van der Waals surface area contributed by atoms with Crippen molar-refractivity contribution in [2.24, 2.45) is 11.7 Å². The van der Waals surface area contributed by atoms with E-state index in [9.17, 15) is 33.6 Å². The van der Waals surface area contributed by atoms with Crippen LogP contribution in [0.5, 0.6) is 5.75 Å². The highest BCUT2D eigenvalue weighted by Gasteiger charge is 2.37. The number of likely N-dealkylation sites (tertiary alicyclic amines) is 1. The van der Waals surface area contributed by atoms with Gasteiger partial charge < -0.3 is 31.7 Å². The number of ether oxygens (including phenoxy) is 1. The SMILES string of the molecule is [2H]C(=O)COc1ccc(NC(=O)[C@H](CCCNC(N)=O)NC(=O)[C@@H](NC(=O)CCCCCN2C(=O)CC(SC)C2=O)C(C)C)cc1. The van der Waals surface area contributed by atoms with Crippen LogP contribution in [0, 0.1) is 5.92 Å². The second kappa shape index (κ2) is 19.3. The van der Waals surface area contributed by atoms with Gasteiger partial charge in [-0.25, -0.2) is 4.79 Å². The number of rotatable bonds is 20. The number of hydrogen-bond acceptors (Lipinski definition) is 9. The molecule has 1 aromatic carbocycles. The van der Waals surface area contributed by atoms with E-state index in [1.807, 2.05) is 0 Å². The predicted molar refractivity (Wildman–Crippen MR) is 169 cm³/mol. The number of nitrogens with zero attached hydrogens (tertiary/aromatic N) is 1. The van der Waals surface area contributed by atoms with Gasteiger partial charge in [-0.15, -0.1) is 0 Å². The number of anilines is 1. The van der Waals surface area contributed by atoms with Crippen molar-refractivity contribution >= 4 is 59.3 Å². The van der Waals surface area contributed by atoms with Gasteiger partial charge in [-0.2, -0.15) is 11.8 Å². The third-order valence-electron chi connectivity index (χ3n) is 7.06. The Bertz CT molecular complexity index is 1250. The number of carbonyl (C=O) groups excluding carboxylic acids is 7. The minimum Gasteiger partial charge on any atom is -0.486 e. The molecule has 0 aliphatic carbocycles. The van der Waals surface area contributed by atoms with Crippen LogP contribution in [0.3, 0.4) is 0 Å². The second-order valence-electron chi connectivity index (χ2n) is 10.9. The zero-order valence-electron chi connectivity index (χ0n) is 26.9. The molecule has 7 amide bonds. The number of thioether (sulfide) groups is 1. The van der Waals surface area contributed by atoms with Crippen LogP contribution in [0.15, 0.2) is 24.3 Å². The van der Waals surface area contributed by atoms with Gasteiger partial charge in [0.15, 0.2) is 6.26 Å². The van der Waals surface area contributed by atoms with Gasteiger partial charge in [0.25, 0.3) is 0 Å². The van der Waals surface area contributed by atoms with Crippen LogP contribution in [0.1, 0.15) is 60.2 Å². The number of imide groups is 1. The summed E-state index contributed by atoms with van der Waals surface area (Å²) >= 11 is 1.36. The van der Waals surface area contributed by atoms with E-state index in [0.29, 0.717) is 43.7 Å². The molecular weight excluding hydrogens is 604 g/mol. The maximum absolute atomic E-state index is 13.3. The van der Waals surface area contributed by atoms with Crippen LogP contribution in [0.4, 0.5) is 10.5 Å². The second-order valence-corrected chi connectivity index (χ2v) is 11.9. The smallest absolute Gasteiger partial charge is 0.312 e. The molecule has 248 valence electrons. The van der Waals surface area contributed by atoms with E-state index < -0.39 is 42.8 Å². The van der Waals surface area contributed by atoms with Crippen molar-refractivity contribution in [1.29, 1.82) is 0 Å². The molecule has 0 spiro atoms. The summed E-state index contributed by atoms with van der Waals surface area (Å²) in [6.07, 6.45) is 3.44. The third kappa shape index (κ3) is 12.8. The Morgan fingerprint density at radius 1 is 1.09 bits per heavy atom. The van der Waals surface area contributed by atoms with Gasteiger partial charge in [-0.1, -0.05) is 20.3 Å². The van der Waals surface area contributed by atoms with Gasteiger partial charge in [0, 0.05) is 31.6 Å². The monoisotopic (exact) mass is 649 g/mol. The summed E-state index contributed by atoms with van der Waals surface area (Å²) in [6.45, 7) is 3.62. The lowest BCUT2D eigenvalue weighted by atomic mass is 10.0. The van der Waals surface area contributed by atoms with Crippen molar-refractivity contribution in [2.45, 2.75) is 76.1 Å². The molecule has 1 heterocycles. The van der Waals surface area contributed by atoms with Crippen LogP contribution in [0.25, 0.3) is 0 Å². The van der Waals surface area contributed by atoms with Crippen LogP contribution in [-0.4, -0.2) is 90.0 Å². The van der Waals surface area contributed by atoms with E-state index >= 15 is 0 Å². The lowest BCUT2D eigenvalue weighted by Crippen LogP contribution is -2.54. The van der Waals surface area contributed by atoms with Gasteiger partial charge in [-0.05, 0) is 62.1 Å². The summed E-state index contributed by atoms with van der Waals surface area (Å²) in [7, 11) is 0. The summed E-state index contributed by atoms with van der Waals surface area (Å²) in [5.74, 6) is -1.74. The van der Waals surface area contributed by atoms with Crippen molar-refractivity contribution in [3.63, 3.8) is 0 Å². The first-order chi connectivity index (χ1) is 21.8. The predicted octanol–water partition coefficient (Wildman–Crippen LogP) is 1.33. The fourth-order valence-corrected chi connectivity index (χ4v) is 5.25. The van der Waals surface area contributed by atoms with Crippen molar-refractivity contribution in [2.75, 3.05) is 31.3 Å². The molecule has 1 fully saturated rings. The molecule has 1 aromatic rings. The van der Waals surface area contributed by atoms with Gasteiger partial charge in [-0.3, -0.25) is 33.7 Å². The fraction of sp³-hybridized carbons (Fsp3) is 0.567. The van der Waals surface area contributed by atoms with Crippen LogP contribution < -0.4 is 31.7 Å². The fourth-order valence-electron chi connectivity index (χ4n) is 4.61. The molecule has 0 saturated carbocycles. The Morgan fingerprint density at radius 2 is 1.80 bits per heavy atom. The van der Waals surface area contributed by atoms with E-state index in [4.69, 9.17) is 11.8 Å². The average molecular weight is 650 g/mol. The van der Waals surface area contributed by atoms with E-state index in [2.05, 4.69) is 21.3 Å². The van der Waals surface area contributed by atoms with Crippen molar-refractivity contribution in [3.8, 4) is 5.75 Å². The zero-order valence-corrected chi connectivity index (χ0v) is 26.7. The first-order valence-electron chi connectivity index (χ1n) is 15.4. The molecule has 1 unspecified atom stereocenters. The number of nitrogens with one attached hydrogen (secondary N) is 4. The number of unbranched alkanes of at least 4 members (excludes halogenated alkanes) is 2. The molecule has 2 rings (SSSR count). The molecule has 14 nitrogen and oxygen atoms in total. The van der Waals surface area contributed by atoms with Gasteiger partial charge >= 0.3 is 6.03 Å². The Labute approximate surface area is 268 Å². The molecule has 45 heavy (non-hydrogen) atoms. The molecule has 1 saturated heterocycles. The Balaban J connectivity index is 1.93. The molecular formula is C30H44N6O8S. The molecule has 6 N–H and O–H groups in total. The number of hydrogen-bond donors (Lipinski definition) is 5. The van der Waals surface area contributed by atoms with Gasteiger partial charge in [0.2, 0.25) is 29.5 Å².